The van der Waals surface area contributed by atoms with Gasteiger partial charge < -0.3 is 15.3 Å². The predicted molar refractivity (Wildman–Crippen MR) is 36.9 cm³/mol. The number of nitrogens with zero attached hydrogens (tertiary/aromatic N) is 1. The average Bonchev–Trinajstić information content (AvgIpc) is 1.87. The Kier molecular flexibility index (Phi) is 5.44. The van der Waals surface area contributed by atoms with E-state index in [0.717, 1.165) is 0 Å². The van der Waals surface area contributed by atoms with Crippen molar-refractivity contribution >= 4 is 6.09 Å². The first-order valence-corrected chi connectivity index (χ1v) is 3.17. The van der Waals surface area contributed by atoms with Gasteiger partial charge in [-0.1, -0.05) is 0 Å². The van der Waals surface area contributed by atoms with Crippen LogP contribution in [0.2, 0.25) is 0 Å². The number of hydrazine groups is 1. The number of hydrogen-bond donors (Lipinski definition) is 4. The van der Waals surface area contributed by atoms with Gasteiger partial charge in [0.05, 0.1) is 13.2 Å². The molecule has 4 N–H and O–H groups in total. The van der Waals surface area contributed by atoms with Crippen LogP contribution in [0.15, 0.2) is 0 Å². The zero-order valence-electron chi connectivity index (χ0n) is 6.03. The van der Waals surface area contributed by atoms with Crippen molar-refractivity contribution in [2.24, 2.45) is 0 Å². The molecule has 6 heteroatoms. The second-order valence-electron chi connectivity index (χ2n) is 1.85. The first-order chi connectivity index (χ1) is 5.20. The molecule has 66 valence electrons. The third-order valence-electron chi connectivity index (χ3n) is 0.994. The molecule has 0 radical (unpaired) electrons. The molecule has 0 spiro atoms. The molecule has 0 atom stereocenters. The van der Waals surface area contributed by atoms with Gasteiger partial charge in [-0.2, -0.15) is 0 Å². The lowest BCUT2D eigenvalue weighted by Gasteiger charge is -2.18. The molecule has 0 saturated heterocycles. The van der Waals surface area contributed by atoms with Crippen LogP contribution in [0.4, 0.5) is 4.79 Å². The van der Waals surface area contributed by atoms with E-state index >= 15 is 0 Å². The largest absolute Gasteiger partial charge is 0.464 e. The maximum absolute atomic E-state index is 10.0. The fourth-order valence-corrected chi connectivity index (χ4v) is 0.600. The summed E-state index contributed by atoms with van der Waals surface area (Å²) in [6.45, 7) is 0.0419. The smallest absolute Gasteiger partial charge is 0.419 e. The van der Waals surface area contributed by atoms with E-state index in [1.165, 1.54) is 5.01 Å². The number of rotatable bonds is 5. The maximum atomic E-state index is 10.0. The Balaban J connectivity index is 3.59. The minimum atomic E-state index is -1.20. The maximum Gasteiger partial charge on any atom is 0.419 e. The van der Waals surface area contributed by atoms with Gasteiger partial charge in [0.2, 0.25) is 0 Å². The molecule has 0 rings (SSSR count). The highest BCUT2D eigenvalue weighted by Crippen LogP contribution is 1.79. The van der Waals surface area contributed by atoms with Crippen LogP contribution in [0, 0.1) is 0 Å². The van der Waals surface area contributed by atoms with E-state index in [-0.39, 0.29) is 26.3 Å². The SMILES string of the molecule is O=C(O)NN(CCO)CCO. The summed E-state index contributed by atoms with van der Waals surface area (Å²) in [5.41, 5.74) is 2.01. The summed E-state index contributed by atoms with van der Waals surface area (Å²) in [4.78, 5) is 10.0. The molecule has 0 aliphatic rings. The predicted octanol–water partition coefficient (Wildman–Crippen LogP) is -1.54. The quantitative estimate of drug-likeness (QED) is 0.369. The normalized spacial score (nSPS) is 10.1. The van der Waals surface area contributed by atoms with Crippen LogP contribution in [0.3, 0.4) is 0 Å². The van der Waals surface area contributed by atoms with Gasteiger partial charge in [-0.15, -0.1) is 0 Å². The molecule has 0 aliphatic heterocycles. The third kappa shape index (κ3) is 5.59. The van der Waals surface area contributed by atoms with Crippen molar-refractivity contribution < 1.29 is 20.1 Å². The second kappa shape index (κ2) is 5.90. The molecule has 0 heterocycles. The lowest BCUT2D eigenvalue weighted by molar-refractivity contribution is 0.103. The van der Waals surface area contributed by atoms with E-state index in [1.54, 1.807) is 0 Å². The first-order valence-electron chi connectivity index (χ1n) is 3.17. The first kappa shape index (κ1) is 10.2. The monoisotopic (exact) mass is 164 g/mol. The zero-order chi connectivity index (χ0) is 8.69. The number of aliphatic hydroxyl groups is 2. The molecule has 0 aromatic rings. The number of carboxylic acid groups (broad SMARTS) is 1. The van der Waals surface area contributed by atoms with Gasteiger partial charge in [0.15, 0.2) is 0 Å². The van der Waals surface area contributed by atoms with Crippen LogP contribution in [-0.4, -0.2) is 52.7 Å². The number of carbonyl (C=O) groups is 1. The van der Waals surface area contributed by atoms with Crippen LogP contribution >= 0.6 is 0 Å². The van der Waals surface area contributed by atoms with Crippen molar-refractivity contribution in [1.82, 2.24) is 10.4 Å². The summed E-state index contributed by atoms with van der Waals surface area (Å²) in [7, 11) is 0. The van der Waals surface area contributed by atoms with E-state index in [2.05, 4.69) is 0 Å². The molecule has 0 aliphatic carbocycles. The number of hydrogen-bond acceptors (Lipinski definition) is 4. The van der Waals surface area contributed by atoms with Gasteiger partial charge in [-0.25, -0.2) is 9.80 Å². The fourth-order valence-electron chi connectivity index (χ4n) is 0.600. The standard InChI is InChI=1S/C5H12N2O4/c8-3-1-7(2-4-9)6-5(10)11/h6,8-9H,1-4H2,(H,10,11). The molecular weight excluding hydrogens is 152 g/mol. The van der Waals surface area contributed by atoms with Crippen LogP contribution in [-0.2, 0) is 0 Å². The Morgan fingerprint density at radius 1 is 1.27 bits per heavy atom. The molecule has 6 nitrogen and oxygen atoms in total. The van der Waals surface area contributed by atoms with Crippen LogP contribution in [0.25, 0.3) is 0 Å². The number of nitrogens with one attached hydrogen (secondary N) is 1. The van der Waals surface area contributed by atoms with Gasteiger partial charge >= 0.3 is 6.09 Å². The van der Waals surface area contributed by atoms with Crippen LogP contribution in [0.1, 0.15) is 0 Å². The van der Waals surface area contributed by atoms with Crippen molar-refractivity contribution in [1.29, 1.82) is 0 Å². The van der Waals surface area contributed by atoms with Gasteiger partial charge in [-0.3, -0.25) is 5.43 Å². The van der Waals surface area contributed by atoms with Crippen molar-refractivity contribution in [2.75, 3.05) is 26.3 Å². The summed E-state index contributed by atoms with van der Waals surface area (Å²) in [6.07, 6.45) is -1.20. The van der Waals surface area contributed by atoms with Gasteiger partial charge in [-0.05, 0) is 0 Å². The summed E-state index contributed by atoms with van der Waals surface area (Å²) >= 11 is 0. The van der Waals surface area contributed by atoms with Crippen molar-refractivity contribution in [3.63, 3.8) is 0 Å². The highest BCUT2D eigenvalue weighted by atomic mass is 16.4. The topological polar surface area (TPSA) is 93.0 Å². The fraction of sp³-hybridized carbons (Fsp3) is 0.800. The minimum Gasteiger partial charge on any atom is -0.464 e. The molecule has 1 amide bonds. The highest BCUT2D eigenvalue weighted by Gasteiger charge is 2.04. The molecular formula is C5H12N2O4. The average molecular weight is 164 g/mol. The van der Waals surface area contributed by atoms with Crippen LogP contribution in [0.5, 0.6) is 0 Å². The van der Waals surface area contributed by atoms with E-state index in [9.17, 15) is 4.79 Å². The molecule has 0 fully saturated rings. The summed E-state index contributed by atoms with van der Waals surface area (Å²) < 4.78 is 0. The molecule has 0 aromatic heterocycles. The van der Waals surface area contributed by atoms with Gasteiger partial charge in [0, 0.05) is 13.1 Å². The number of amides is 1. The lowest BCUT2D eigenvalue weighted by Crippen LogP contribution is -2.44. The Morgan fingerprint density at radius 2 is 1.73 bits per heavy atom. The van der Waals surface area contributed by atoms with E-state index in [1.807, 2.05) is 5.43 Å². The zero-order valence-corrected chi connectivity index (χ0v) is 6.03. The summed E-state index contributed by atoms with van der Waals surface area (Å²) in [5, 5.41) is 26.3. The van der Waals surface area contributed by atoms with Gasteiger partial charge in [0.1, 0.15) is 0 Å². The van der Waals surface area contributed by atoms with E-state index < -0.39 is 6.09 Å². The van der Waals surface area contributed by atoms with Gasteiger partial charge in [0.25, 0.3) is 0 Å². The Labute approximate surface area is 64.0 Å². The Bertz CT molecular complexity index is 113. The van der Waals surface area contributed by atoms with Crippen molar-refractivity contribution in [3.05, 3.63) is 0 Å². The van der Waals surface area contributed by atoms with Crippen molar-refractivity contribution in [2.45, 2.75) is 0 Å². The minimum absolute atomic E-state index is 0.153. The summed E-state index contributed by atoms with van der Waals surface area (Å²) in [5.74, 6) is 0. The van der Waals surface area contributed by atoms with E-state index in [4.69, 9.17) is 15.3 Å². The molecule has 0 saturated carbocycles. The molecule has 11 heavy (non-hydrogen) atoms. The Hall–Kier alpha value is -0.850. The molecule has 0 aromatic carbocycles. The molecule has 0 bridgehead atoms. The molecule has 0 unspecified atom stereocenters. The second-order valence-corrected chi connectivity index (χ2v) is 1.85. The summed E-state index contributed by atoms with van der Waals surface area (Å²) in [6, 6.07) is 0. The van der Waals surface area contributed by atoms with Crippen molar-refractivity contribution in [3.8, 4) is 0 Å². The Morgan fingerprint density at radius 3 is 2.00 bits per heavy atom. The highest BCUT2D eigenvalue weighted by molar-refractivity contribution is 5.63. The lowest BCUT2D eigenvalue weighted by atomic mass is 10.6. The van der Waals surface area contributed by atoms with E-state index in [0.29, 0.717) is 0 Å². The van der Waals surface area contributed by atoms with Crippen LogP contribution < -0.4 is 5.43 Å². The third-order valence-corrected chi connectivity index (χ3v) is 0.994. The number of aliphatic hydroxyl groups excluding tert-OH is 2.